The topological polar surface area (TPSA) is 150 Å². The summed E-state index contributed by atoms with van der Waals surface area (Å²) >= 11 is 0. The molecule has 0 bridgehead atoms. The molecule has 1 aromatic rings. The largest absolute Gasteiger partial charge is 0.480 e. The SMILES string of the molecule is CC(C)CC(NC(=O)CN1C(=O)c2ccccc2S1(=O)=O)C(=O)NCC(=O)O. The molecule has 3 amide bonds. The molecule has 0 saturated carbocycles. The van der Waals surface area contributed by atoms with Gasteiger partial charge in [0.15, 0.2) is 0 Å². The lowest BCUT2D eigenvalue weighted by atomic mass is 10.0. The molecule has 0 spiro atoms. The third-order valence-corrected chi connectivity index (χ3v) is 5.76. The molecule has 1 aliphatic rings. The van der Waals surface area contributed by atoms with Crippen molar-refractivity contribution >= 4 is 33.7 Å². The second-order valence-corrected chi connectivity index (χ2v) is 8.50. The highest BCUT2D eigenvalue weighted by atomic mass is 32.2. The van der Waals surface area contributed by atoms with Crippen LogP contribution in [0.3, 0.4) is 0 Å². The smallest absolute Gasteiger partial charge is 0.322 e. The summed E-state index contributed by atoms with van der Waals surface area (Å²) in [6, 6.07) is 4.56. The minimum atomic E-state index is -4.15. The van der Waals surface area contributed by atoms with Crippen molar-refractivity contribution in [2.75, 3.05) is 13.1 Å². The van der Waals surface area contributed by atoms with Crippen LogP contribution in [0.5, 0.6) is 0 Å². The fourth-order valence-corrected chi connectivity index (χ4v) is 4.27. The van der Waals surface area contributed by atoms with Crippen molar-refractivity contribution in [3.8, 4) is 0 Å². The molecule has 0 fully saturated rings. The normalized spacial score (nSPS) is 15.8. The van der Waals surface area contributed by atoms with E-state index in [2.05, 4.69) is 10.6 Å². The fraction of sp³-hybridized carbons (Fsp3) is 0.412. The highest BCUT2D eigenvalue weighted by molar-refractivity contribution is 7.90. The number of amides is 3. The van der Waals surface area contributed by atoms with Crippen molar-refractivity contribution < 1.29 is 32.7 Å². The maximum Gasteiger partial charge on any atom is 0.322 e. The lowest BCUT2D eigenvalue weighted by Gasteiger charge is -2.21. The summed E-state index contributed by atoms with van der Waals surface area (Å²) in [4.78, 5) is 47.3. The van der Waals surface area contributed by atoms with Gasteiger partial charge in [-0.2, -0.15) is 0 Å². The summed E-state index contributed by atoms with van der Waals surface area (Å²) in [5, 5.41) is 13.2. The van der Waals surface area contributed by atoms with Crippen molar-refractivity contribution in [1.82, 2.24) is 14.9 Å². The summed E-state index contributed by atoms with van der Waals surface area (Å²) in [7, 11) is -4.15. The van der Waals surface area contributed by atoms with Crippen LogP contribution in [0.25, 0.3) is 0 Å². The number of fused-ring (bicyclic) bond motifs is 1. The number of hydrogen-bond acceptors (Lipinski definition) is 6. The zero-order valence-electron chi connectivity index (χ0n) is 15.3. The van der Waals surface area contributed by atoms with Crippen LogP contribution in [-0.2, 0) is 24.4 Å². The van der Waals surface area contributed by atoms with Crippen LogP contribution in [0, 0.1) is 5.92 Å². The molecule has 1 aromatic carbocycles. The van der Waals surface area contributed by atoms with Gasteiger partial charge >= 0.3 is 5.97 Å². The molecular weight excluding hydrogens is 390 g/mol. The van der Waals surface area contributed by atoms with E-state index in [1.165, 1.54) is 24.3 Å². The van der Waals surface area contributed by atoms with E-state index >= 15 is 0 Å². The molecule has 0 saturated heterocycles. The molecule has 10 nitrogen and oxygen atoms in total. The van der Waals surface area contributed by atoms with Crippen molar-refractivity contribution in [1.29, 1.82) is 0 Å². The summed E-state index contributed by atoms with van der Waals surface area (Å²) in [5.74, 6) is -3.62. The Kier molecular flexibility index (Phi) is 6.39. The average molecular weight is 411 g/mol. The first kappa shape index (κ1) is 21.4. The van der Waals surface area contributed by atoms with Gasteiger partial charge in [0, 0.05) is 0 Å². The minimum absolute atomic E-state index is 0.0118. The number of carbonyl (C=O) groups is 4. The van der Waals surface area contributed by atoms with E-state index in [0.29, 0.717) is 4.31 Å². The third kappa shape index (κ3) is 4.66. The molecule has 0 aromatic heterocycles. The van der Waals surface area contributed by atoms with Crippen LogP contribution in [0.15, 0.2) is 29.2 Å². The molecule has 1 unspecified atom stereocenters. The van der Waals surface area contributed by atoms with Crippen LogP contribution in [0.4, 0.5) is 0 Å². The van der Waals surface area contributed by atoms with Crippen molar-refractivity contribution in [2.24, 2.45) is 5.92 Å². The fourth-order valence-electron chi connectivity index (χ4n) is 2.75. The Balaban J connectivity index is 2.11. The van der Waals surface area contributed by atoms with Gasteiger partial charge in [0.2, 0.25) is 11.8 Å². The number of nitrogens with one attached hydrogen (secondary N) is 2. The quantitative estimate of drug-likeness (QED) is 0.525. The summed E-state index contributed by atoms with van der Waals surface area (Å²) in [6.45, 7) is 2.21. The molecule has 1 heterocycles. The number of hydrogen-bond donors (Lipinski definition) is 3. The van der Waals surface area contributed by atoms with Crippen molar-refractivity contribution in [3.05, 3.63) is 29.8 Å². The molecule has 152 valence electrons. The highest BCUT2D eigenvalue weighted by Gasteiger charge is 2.42. The number of sulfonamides is 1. The van der Waals surface area contributed by atoms with Crippen LogP contribution in [-0.4, -0.2) is 60.7 Å². The Labute approximate surface area is 162 Å². The second-order valence-electron chi connectivity index (χ2n) is 6.67. The van der Waals surface area contributed by atoms with E-state index in [1.807, 2.05) is 0 Å². The van der Waals surface area contributed by atoms with Crippen molar-refractivity contribution in [2.45, 2.75) is 31.2 Å². The first-order chi connectivity index (χ1) is 13.0. The van der Waals surface area contributed by atoms with Crippen molar-refractivity contribution in [3.63, 3.8) is 0 Å². The molecule has 2 rings (SSSR count). The average Bonchev–Trinajstić information content (AvgIpc) is 2.80. The van der Waals surface area contributed by atoms with E-state index in [9.17, 15) is 27.6 Å². The summed E-state index contributed by atoms with van der Waals surface area (Å²) in [6.07, 6.45) is 0.206. The Morgan fingerprint density at radius 3 is 2.39 bits per heavy atom. The number of aliphatic carboxylic acids is 1. The van der Waals surface area contributed by atoms with Gasteiger partial charge in [-0.3, -0.25) is 19.2 Å². The van der Waals surface area contributed by atoms with Crippen LogP contribution in [0.1, 0.15) is 30.6 Å². The number of rotatable bonds is 8. The number of carboxylic acid groups (broad SMARTS) is 1. The van der Waals surface area contributed by atoms with Gasteiger partial charge in [-0.15, -0.1) is 0 Å². The molecular formula is C17H21N3O7S. The molecule has 1 aliphatic heterocycles. The van der Waals surface area contributed by atoms with E-state index in [1.54, 1.807) is 13.8 Å². The van der Waals surface area contributed by atoms with Gasteiger partial charge in [-0.1, -0.05) is 26.0 Å². The predicted octanol–water partition coefficient (Wildman–Crippen LogP) is -0.437. The van der Waals surface area contributed by atoms with E-state index < -0.39 is 52.8 Å². The zero-order chi connectivity index (χ0) is 21.1. The van der Waals surface area contributed by atoms with Gasteiger partial charge < -0.3 is 15.7 Å². The van der Waals surface area contributed by atoms with Gasteiger partial charge in [-0.05, 0) is 24.5 Å². The summed E-state index contributed by atoms with van der Waals surface area (Å²) < 4.78 is 25.4. The van der Waals surface area contributed by atoms with E-state index in [4.69, 9.17) is 5.11 Å². The molecule has 3 N–H and O–H groups in total. The first-order valence-electron chi connectivity index (χ1n) is 8.49. The highest BCUT2D eigenvalue weighted by Crippen LogP contribution is 2.29. The Bertz CT molecular complexity index is 911. The van der Waals surface area contributed by atoms with Gasteiger partial charge in [0.25, 0.3) is 15.9 Å². The maximum atomic E-state index is 12.5. The Morgan fingerprint density at radius 1 is 1.18 bits per heavy atom. The van der Waals surface area contributed by atoms with Gasteiger partial charge in [0.1, 0.15) is 24.0 Å². The first-order valence-corrected chi connectivity index (χ1v) is 9.93. The zero-order valence-corrected chi connectivity index (χ0v) is 16.2. The van der Waals surface area contributed by atoms with E-state index in [-0.39, 0.29) is 22.8 Å². The summed E-state index contributed by atoms with van der Waals surface area (Å²) in [5.41, 5.74) is -0.0202. The lowest BCUT2D eigenvalue weighted by molar-refractivity contribution is -0.138. The maximum absolute atomic E-state index is 12.5. The number of nitrogens with zero attached hydrogens (tertiary/aromatic N) is 1. The number of carbonyl (C=O) groups excluding carboxylic acids is 3. The number of carboxylic acids is 1. The van der Waals surface area contributed by atoms with E-state index in [0.717, 1.165) is 0 Å². The molecule has 11 heteroatoms. The molecule has 0 radical (unpaired) electrons. The van der Waals surface area contributed by atoms with Crippen LogP contribution < -0.4 is 10.6 Å². The molecule has 28 heavy (non-hydrogen) atoms. The Morgan fingerprint density at radius 2 is 1.82 bits per heavy atom. The standard InChI is InChI=1S/C17H21N3O7S/c1-10(2)7-12(16(24)18-8-15(22)23)19-14(21)9-20-17(25)11-5-3-4-6-13(11)28(20,26)27/h3-6,10,12H,7-9H2,1-2H3,(H,18,24)(H,19,21)(H,22,23). The molecule has 1 atom stereocenters. The minimum Gasteiger partial charge on any atom is -0.480 e. The number of benzene rings is 1. The second kappa shape index (κ2) is 8.38. The van der Waals surface area contributed by atoms with Crippen LogP contribution in [0.2, 0.25) is 0 Å². The molecule has 0 aliphatic carbocycles. The Hall–Kier alpha value is -2.95. The third-order valence-electron chi connectivity index (χ3n) is 3.97. The van der Waals surface area contributed by atoms with Gasteiger partial charge in [0.05, 0.1) is 5.56 Å². The predicted molar refractivity (Wildman–Crippen MR) is 96.7 cm³/mol. The van der Waals surface area contributed by atoms with Gasteiger partial charge in [-0.25, -0.2) is 12.7 Å². The van der Waals surface area contributed by atoms with Crippen LogP contribution >= 0.6 is 0 Å². The lowest BCUT2D eigenvalue weighted by Crippen LogP contribution is -2.51. The monoisotopic (exact) mass is 411 g/mol.